The zero-order chi connectivity index (χ0) is 22.7. The largest absolute Gasteiger partial charge is 0.493 e. The maximum atomic E-state index is 12.8. The molecule has 1 aromatic heterocycles. The fourth-order valence-electron chi connectivity index (χ4n) is 3.47. The molecule has 1 aliphatic rings. The first-order valence-corrected chi connectivity index (χ1v) is 12.3. The van der Waals surface area contributed by atoms with Crippen LogP contribution in [0.25, 0.3) is 16.3 Å². The third-order valence-electron chi connectivity index (χ3n) is 5.13. The van der Waals surface area contributed by atoms with Gasteiger partial charge >= 0.3 is 0 Å². The molecule has 2 aromatic carbocycles. The molecule has 32 heavy (non-hydrogen) atoms. The van der Waals surface area contributed by atoms with E-state index in [1.54, 1.807) is 50.6 Å². The number of anilines is 1. The number of benzene rings is 2. The molecule has 0 aliphatic carbocycles. The topological polar surface area (TPSA) is 97.8 Å². The lowest BCUT2D eigenvalue weighted by Crippen LogP contribution is -2.27. The number of aromatic nitrogens is 1. The Bertz CT molecular complexity index is 1280. The summed E-state index contributed by atoms with van der Waals surface area (Å²) in [6, 6.07) is 10.2. The molecule has 0 spiro atoms. The minimum Gasteiger partial charge on any atom is -0.493 e. The fraction of sp³-hybridized carbons (Fsp3) is 0.273. The number of nitrogens with zero attached hydrogens (tertiary/aromatic N) is 2. The van der Waals surface area contributed by atoms with Gasteiger partial charge in [-0.25, -0.2) is 13.4 Å². The van der Waals surface area contributed by atoms with Crippen LogP contribution >= 0.6 is 11.3 Å². The first-order chi connectivity index (χ1) is 15.4. The van der Waals surface area contributed by atoms with E-state index in [0.29, 0.717) is 39.9 Å². The maximum Gasteiger partial charge on any atom is 0.250 e. The molecular weight excluding hydrogens is 450 g/mol. The number of methoxy groups -OCH3 is 2. The number of amides is 1. The number of rotatable bonds is 7. The second kappa shape index (κ2) is 9.27. The van der Waals surface area contributed by atoms with E-state index in [2.05, 4.69) is 10.3 Å². The van der Waals surface area contributed by atoms with Gasteiger partial charge in [-0.1, -0.05) is 17.4 Å². The second-order valence-corrected chi connectivity index (χ2v) is 10.2. The van der Waals surface area contributed by atoms with Crippen LogP contribution in [0.2, 0.25) is 0 Å². The zero-order valence-corrected chi connectivity index (χ0v) is 19.3. The molecule has 1 fully saturated rings. The van der Waals surface area contributed by atoms with Crippen molar-refractivity contribution in [1.29, 1.82) is 0 Å². The van der Waals surface area contributed by atoms with Crippen LogP contribution in [0.5, 0.6) is 11.5 Å². The molecule has 168 valence electrons. The van der Waals surface area contributed by atoms with Crippen LogP contribution in [-0.4, -0.2) is 50.9 Å². The number of hydrogen-bond acceptors (Lipinski definition) is 7. The number of carbonyl (C=O) groups excluding carboxylic acids is 1. The predicted molar refractivity (Wildman–Crippen MR) is 125 cm³/mol. The summed E-state index contributed by atoms with van der Waals surface area (Å²) >= 11 is 1.23. The Balaban J connectivity index is 1.48. The SMILES string of the molecule is COc1ccc(/C=C/C(=O)Nc2nc3ccc(S(=O)(=O)N4CCCC4)cc3s2)cc1OC. The molecule has 3 aromatic rings. The first kappa shape index (κ1) is 22.3. The Morgan fingerprint density at radius 1 is 1.09 bits per heavy atom. The molecule has 0 bridgehead atoms. The number of nitrogens with one attached hydrogen (secondary N) is 1. The Hall–Kier alpha value is -2.95. The second-order valence-electron chi connectivity index (χ2n) is 7.20. The van der Waals surface area contributed by atoms with Crippen molar-refractivity contribution in [2.75, 3.05) is 32.6 Å². The summed E-state index contributed by atoms with van der Waals surface area (Å²) in [4.78, 5) is 17.0. The van der Waals surface area contributed by atoms with Gasteiger partial charge in [0, 0.05) is 19.2 Å². The molecule has 1 amide bonds. The average molecular weight is 474 g/mol. The van der Waals surface area contributed by atoms with Crippen LogP contribution in [0.1, 0.15) is 18.4 Å². The normalized spacial score (nSPS) is 14.8. The molecule has 1 saturated heterocycles. The molecule has 0 saturated carbocycles. The lowest BCUT2D eigenvalue weighted by atomic mass is 10.2. The summed E-state index contributed by atoms with van der Waals surface area (Å²) in [5.74, 6) is 0.833. The van der Waals surface area contributed by atoms with E-state index in [1.165, 1.54) is 21.7 Å². The third-order valence-corrected chi connectivity index (χ3v) is 7.96. The van der Waals surface area contributed by atoms with Gasteiger partial charge in [0.05, 0.1) is 29.3 Å². The smallest absolute Gasteiger partial charge is 0.250 e. The number of thiazole rings is 1. The van der Waals surface area contributed by atoms with E-state index >= 15 is 0 Å². The van der Waals surface area contributed by atoms with Gasteiger partial charge < -0.3 is 9.47 Å². The van der Waals surface area contributed by atoms with Crippen LogP contribution in [0, 0.1) is 0 Å². The molecular formula is C22H23N3O5S2. The maximum absolute atomic E-state index is 12.8. The Morgan fingerprint density at radius 3 is 2.56 bits per heavy atom. The van der Waals surface area contributed by atoms with Crippen LogP contribution in [0.4, 0.5) is 5.13 Å². The van der Waals surface area contributed by atoms with Crippen molar-refractivity contribution in [1.82, 2.24) is 9.29 Å². The van der Waals surface area contributed by atoms with E-state index in [4.69, 9.17) is 9.47 Å². The zero-order valence-electron chi connectivity index (χ0n) is 17.7. The highest BCUT2D eigenvalue weighted by molar-refractivity contribution is 7.89. The van der Waals surface area contributed by atoms with Crippen LogP contribution in [0.3, 0.4) is 0 Å². The van der Waals surface area contributed by atoms with Crippen molar-refractivity contribution in [2.45, 2.75) is 17.7 Å². The molecule has 1 N–H and O–H groups in total. The molecule has 0 unspecified atom stereocenters. The van der Waals surface area contributed by atoms with Gasteiger partial charge in [0.2, 0.25) is 15.9 Å². The molecule has 1 aliphatic heterocycles. The summed E-state index contributed by atoms with van der Waals surface area (Å²) < 4.78 is 38.2. The number of sulfonamides is 1. The highest BCUT2D eigenvalue weighted by atomic mass is 32.2. The minimum atomic E-state index is -3.50. The quantitative estimate of drug-likeness (QED) is 0.525. The van der Waals surface area contributed by atoms with Crippen molar-refractivity contribution >= 4 is 48.7 Å². The number of hydrogen-bond donors (Lipinski definition) is 1. The van der Waals surface area contributed by atoms with Crippen molar-refractivity contribution < 1.29 is 22.7 Å². The lowest BCUT2D eigenvalue weighted by Gasteiger charge is -2.15. The van der Waals surface area contributed by atoms with Crippen molar-refractivity contribution in [3.8, 4) is 11.5 Å². The lowest BCUT2D eigenvalue weighted by molar-refractivity contribution is -0.111. The van der Waals surface area contributed by atoms with E-state index in [1.807, 2.05) is 6.07 Å². The highest BCUT2D eigenvalue weighted by Crippen LogP contribution is 2.30. The van der Waals surface area contributed by atoms with E-state index in [-0.39, 0.29) is 10.8 Å². The Labute approximate surface area is 190 Å². The van der Waals surface area contributed by atoms with Crippen molar-refractivity contribution in [2.24, 2.45) is 0 Å². The van der Waals surface area contributed by atoms with E-state index < -0.39 is 10.0 Å². The standard InChI is InChI=1S/C22H23N3O5S2/c1-29-18-9-5-15(13-19(18)30-2)6-10-21(26)24-22-23-17-8-7-16(14-20(17)31-22)32(27,28)25-11-3-4-12-25/h5-10,13-14H,3-4,11-12H2,1-2H3,(H,23,24,26)/b10-6+. The van der Waals surface area contributed by atoms with Crippen molar-refractivity contribution in [3.63, 3.8) is 0 Å². The molecule has 0 radical (unpaired) electrons. The molecule has 0 atom stereocenters. The number of ether oxygens (including phenoxy) is 2. The van der Waals surface area contributed by atoms with E-state index in [0.717, 1.165) is 18.4 Å². The van der Waals surface area contributed by atoms with Gasteiger partial charge in [0.1, 0.15) is 0 Å². The van der Waals surface area contributed by atoms with E-state index in [9.17, 15) is 13.2 Å². The summed E-state index contributed by atoms with van der Waals surface area (Å²) in [6.07, 6.45) is 4.83. The van der Waals surface area contributed by atoms with Gasteiger partial charge in [-0.05, 0) is 54.8 Å². The summed E-state index contributed by atoms with van der Waals surface area (Å²) in [5, 5.41) is 3.13. The first-order valence-electron chi connectivity index (χ1n) is 10.0. The number of carbonyl (C=O) groups is 1. The summed E-state index contributed by atoms with van der Waals surface area (Å²) in [5.41, 5.74) is 1.41. The van der Waals surface area contributed by atoms with Gasteiger partial charge in [0.25, 0.3) is 0 Å². The van der Waals surface area contributed by atoms with Gasteiger partial charge in [-0.3, -0.25) is 10.1 Å². The highest BCUT2D eigenvalue weighted by Gasteiger charge is 2.27. The average Bonchev–Trinajstić information content (AvgIpc) is 3.47. The van der Waals surface area contributed by atoms with Gasteiger partial charge in [0.15, 0.2) is 16.6 Å². The molecule has 10 heteroatoms. The van der Waals surface area contributed by atoms with Crippen LogP contribution in [-0.2, 0) is 14.8 Å². The monoisotopic (exact) mass is 473 g/mol. The third kappa shape index (κ3) is 4.62. The Kier molecular flexibility index (Phi) is 6.45. The molecule has 4 rings (SSSR count). The van der Waals surface area contributed by atoms with Crippen LogP contribution in [0.15, 0.2) is 47.4 Å². The molecule has 8 nitrogen and oxygen atoms in total. The van der Waals surface area contributed by atoms with Gasteiger partial charge in [-0.15, -0.1) is 0 Å². The minimum absolute atomic E-state index is 0.252. The van der Waals surface area contributed by atoms with Crippen molar-refractivity contribution in [3.05, 3.63) is 48.0 Å². The Morgan fingerprint density at radius 2 is 1.84 bits per heavy atom. The summed E-state index contributed by atoms with van der Waals surface area (Å²) in [6.45, 7) is 1.10. The van der Waals surface area contributed by atoms with Crippen LogP contribution < -0.4 is 14.8 Å². The molecule has 2 heterocycles. The predicted octanol–water partition coefficient (Wildman–Crippen LogP) is 3.75. The summed E-state index contributed by atoms with van der Waals surface area (Å²) in [7, 11) is -0.392. The number of fused-ring (bicyclic) bond motifs is 1. The fourth-order valence-corrected chi connectivity index (χ4v) is 6.00. The van der Waals surface area contributed by atoms with Gasteiger partial charge in [-0.2, -0.15) is 4.31 Å².